The van der Waals surface area contributed by atoms with Crippen molar-refractivity contribution in [3.05, 3.63) is 29.8 Å². The zero-order valence-electron chi connectivity index (χ0n) is 16.3. The summed E-state index contributed by atoms with van der Waals surface area (Å²) in [5.41, 5.74) is 2.13. The number of amides is 1. The van der Waals surface area contributed by atoms with Crippen molar-refractivity contribution in [1.82, 2.24) is 10.6 Å². The van der Waals surface area contributed by atoms with E-state index < -0.39 is 0 Å². The number of carbonyl (C=O) groups excluding carboxylic acids is 1. The van der Waals surface area contributed by atoms with Crippen LogP contribution in [0.15, 0.2) is 29.3 Å². The standard InChI is InChI=1S/C22H32N4O/c1-2-23-22(24-10-9-17-12-15-7-8-16(17)11-15)25-14-18-13-21(27)26-20-6-4-3-5-19(18)20/h3-6,15-18H,2,7-14H2,1H3,(H,26,27)(H2,23,24,25). The molecule has 3 aliphatic rings. The Bertz CT molecular complexity index is 701. The van der Waals surface area contributed by atoms with Crippen LogP contribution in [0.4, 0.5) is 5.69 Å². The van der Waals surface area contributed by atoms with Crippen LogP contribution in [0, 0.1) is 17.8 Å². The van der Waals surface area contributed by atoms with Gasteiger partial charge < -0.3 is 16.0 Å². The van der Waals surface area contributed by atoms with Crippen LogP contribution in [-0.4, -0.2) is 31.5 Å². The van der Waals surface area contributed by atoms with Crippen LogP contribution in [-0.2, 0) is 4.79 Å². The maximum Gasteiger partial charge on any atom is 0.225 e. The zero-order valence-corrected chi connectivity index (χ0v) is 16.3. The van der Waals surface area contributed by atoms with Gasteiger partial charge in [-0.05, 0) is 62.0 Å². The topological polar surface area (TPSA) is 65.5 Å². The van der Waals surface area contributed by atoms with Crippen molar-refractivity contribution in [2.75, 3.05) is 25.0 Å². The fraction of sp³-hybridized carbons (Fsp3) is 0.636. The summed E-state index contributed by atoms with van der Waals surface area (Å²) in [5.74, 6) is 4.02. The summed E-state index contributed by atoms with van der Waals surface area (Å²) in [7, 11) is 0. The number of rotatable bonds is 6. The van der Waals surface area contributed by atoms with Crippen LogP contribution in [0.1, 0.15) is 56.9 Å². The number of hydrogen-bond acceptors (Lipinski definition) is 2. The number of nitrogens with zero attached hydrogens (tertiary/aromatic N) is 1. The van der Waals surface area contributed by atoms with Crippen LogP contribution < -0.4 is 16.0 Å². The maximum absolute atomic E-state index is 12.0. The van der Waals surface area contributed by atoms with E-state index in [4.69, 9.17) is 4.99 Å². The summed E-state index contributed by atoms with van der Waals surface area (Å²) in [5, 5.41) is 9.84. The van der Waals surface area contributed by atoms with Crippen LogP contribution in [0.25, 0.3) is 0 Å². The second kappa shape index (κ2) is 8.32. The average molecular weight is 369 g/mol. The molecule has 3 N–H and O–H groups in total. The molecule has 0 aromatic heterocycles. The van der Waals surface area contributed by atoms with E-state index in [1.54, 1.807) is 0 Å². The zero-order chi connectivity index (χ0) is 18.6. The molecule has 2 aliphatic carbocycles. The molecule has 27 heavy (non-hydrogen) atoms. The number of carbonyl (C=O) groups is 1. The third-order valence-corrected chi connectivity index (χ3v) is 6.61. The normalized spacial score (nSPS) is 29.4. The van der Waals surface area contributed by atoms with Gasteiger partial charge in [0.2, 0.25) is 5.91 Å². The quantitative estimate of drug-likeness (QED) is 0.532. The summed E-state index contributed by atoms with van der Waals surface area (Å²) in [4.78, 5) is 16.8. The third kappa shape index (κ3) is 4.28. The van der Waals surface area contributed by atoms with E-state index in [0.717, 1.165) is 42.5 Å². The van der Waals surface area contributed by atoms with Crippen molar-refractivity contribution in [3.8, 4) is 0 Å². The van der Waals surface area contributed by atoms with Gasteiger partial charge in [-0.25, -0.2) is 0 Å². The predicted octanol–water partition coefficient (Wildman–Crippen LogP) is 3.49. The van der Waals surface area contributed by atoms with Gasteiger partial charge in [0.15, 0.2) is 5.96 Å². The molecular formula is C22H32N4O. The minimum absolute atomic E-state index is 0.0862. The smallest absolute Gasteiger partial charge is 0.225 e. The second-order valence-electron chi connectivity index (χ2n) is 8.41. The third-order valence-electron chi connectivity index (χ3n) is 6.61. The Kier molecular flexibility index (Phi) is 5.65. The first-order chi connectivity index (χ1) is 13.2. The Morgan fingerprint density at radius 2 is 2.11 bits per heavy atom. The fourth-order valence-electron chi connectivity index (χ4n) is 5.31. The van der Waals surface area contributed by atoms with E-state index >= 15 is 0 Å². The molecule has 146 valence electrons. The summed E-state index contributed by atoms with van der Waals surface area (Å²) in [6, 6.07) is 8.07. The lowest BCUT2D eigenvalue weighted by atomic mass is 9.86. The van der Waals surface area contributed by atoms with Crippen molar-refractivity contribution in [2.24, 2.45) is 22.7 Å². The highest BCUT2D eigenvalue weighted by Gasteiger charge is 2.38. The number of nitrogens with one attached hydrogen (secondary N) is 3. The number of benzene rings is 1. The van der Waals surface area contributed by atoms with Gasteiger partial charge in [-0.3, -0.25) is 9.79 Å². The van der Waals surface area contributed by atoms with Crippen LogP contribution in [0.3, 0.4) is 0 Å². The molecule has 1 aromatic rings. The Morgan fingerprint density at radius 3 is 2.89 bits per heavy atom. The van der Waals surface area contributed by atoms with Gasteiger partial charge in [0, 0.05) is 31.1 Å². The van der Waals surface area contributed by atoms with Gasteiger partial charge in [0.1, 0.15) is 0 Å². The lowest BCUT2D eigenvalue weighted by Crippen LogP contribution is -2.39. The monoisotopic (exact) mass is 368 g/mol. The van der Waals surface area contributed by atoms with Crippen molar-refractivity contribution in [2.45, 2.75) is 51.4 Å². The van der Waals surface area contributed by atoms with E-state index in [1.165, 1.54) is 37.7 Å². The number of fused-ring (bicyclic) bond motifs is 3. The first kappa shape index (κ1) is 18.3. The Hall–Kier alpha value is -2.04. The minimum atomic E-state index is 0.0862. The lowest BCUT2D eigenvalue weighted by Gasteiger charge is -2.25. The first-order valence-electron chi connectivity index (χ1n) is 10.6. The molecule has 5 nitrogen and oxygen atoms in total. The second-order valence-corrected chi connectivity index (χ2v) is 8.41. The predicted molar refractivity (Wildman–Crippen MR) is 110 cm³/mol. The molecule has 1 aliphatic heterocycles. The van der Waals surface area contributed by atoms with Crippen LogP contribution in [0.2, 0.25) is 0 Å². The molecular weight excluding hydrogens is 336 g/mol. The van der Waals surface area contributed by atoms with Crippen molar-refractivity contribution in [1.29, 1.82) is 0 Å². The molecule has 1 heterocycles. The average Bonchev–Trinajstić information content (AvgIpc) is 3.29. The van der Waals surface area contributed by atoms with E-state index in [0.29, 0.717) is 13.0 Å². The molecule has 0 spiro atoms. The number of para-hydroxylation sites is 1. The summed E-state index contributed by atoms with van der Waals surface area (Å²) < 4.78 is 0. The number of hydrogen-bond donors (Lipinski definition) is 3. The van der Waals surface area contributed by atoms with Crippen molar-refractivity contribution < 1.29 is 4.79 Å². The van der Waals surface area contributed by atoms with E-state index in [2.05, 4.69) is 28.9 Å². The van der Waals surface area contributed by atoms with Gasteiger partial charge in [-0.1, -0.05) is 24.6 Å². The largest absolute Gasteiger partial charge is 0.357 e. The van der Waals surface area contributed by atoms with Gasteiger partial charge in [0.05, 0.1) is 6.54 Å². The van der Waals surface area contributed by atoms with Gasteiger partial charge in [0.25, 0.3) is 0 Å². The minimum Gasteiger partial charge on any atom is -0.357 e. The van der Waals surface area contributed by atoms with Gasteiger partial charge in [-0.2, -0.15) is 0 Å². The molecule has 2 fully saturated rings. The molecule has 4 rings (SSSR count). The van der Waals surface area contributed by atoms with Crippen molar-refractivity contribution in [3.63, 3.8) is 0 Å². The van der Waals surface area contributed by atoms with E-state index in [9.17, 15) is 4.79 Å². The highest BCUT2D eigenvalue weighted by atomic mass is 16.1. The summed E-state index contributed by atoms with van der Waals surface area (Å²) >= 11 is 0. The molecule has 2 saturated carbocycles. The number of anilines is 1. The molecule has 2 bridgehead atoms. The summed E-state index contributed by atoms with van der Waals surface area (Å²) in [6.45, 7) is 4.56. The lowest BCUT2D eigenvalue weighted by molar-refractivity contribution is -0.116. The Morgan fingerprint density at radius 1 is 1.22 bits per heavy atom. The van der Waals surface area contributed by atoms with Crippen LogP contribution >= 0.6 is 0 Å². The van der Waals surface area contributed by atoms with Crippen molar-refractivity contribution >= 4 is 17.6 Å². The van der Waals surface area contributed by atoms with Gasteiger partial charge >= 0.3 is 0 Å². The van der Waals surface area contributed by atoms with E-state index in [1.807, 2.05) is 18.2 Å². The number of guanidine groups is 1. The Labute approximate surface area is 162 Å². The highest BCUT2D eigenvalue weighted by molar-refractivity contribution is 5.94. The molecule has 4 atom stereocenters. The SMILES string of the molecule is CCNC(=NCC1CC(=O)Nc2ccccc21)NCCC1CC2CCC1C2. The molecule has 1 aromatic carbocycles. The molecule has 1 amide bonds. The fourth-order valence-corrected chi connectivity index (χ4v) is 5.31. The highest BCUT2D eigenvalue weighted by Crippen LogP contribution is 2.49. The van der Waals surface area contributed by atoms with Gasteiger partial charge in [-0.15, -0.1) is 0 Å². The molecule has 5 heteroatoms. The van der Waals surface area contributed by atoms with Crippen LogP contribution in [0.5, 0.6) is 0 Å². The Balaban J connectivity index is 1.33. The molecule has 0 radical (unpaired) electrons. The first-order valence-corrected chi connectivity index (χ1v) is 10.6. The maximum atomic E-state index is 12.0. The molecule has 0 saturated heterocycles. The molecule has 4 unspecified atom stereocenters. The number of aliphatic imine (C=N–C) groups is 1. The summed E-state index contributed by atoms with van der Waals surface area (Å²) in [6.07, 6.45) is 7.59. The van der Waals surface area contributed by atoms with E-state index in [-0.39, 0.29) is 11.8 Å².